The Morgan fingerprint density at radius 1 is 1.22 bits per heavy atom. The molecular weight excluding hydrogens is 244 g/mol. The number of nitrogens with one attached hydrogen (secondary N) is 2. The Bertz CT molecular complexity index is 277. The highest BCUT2D eigenvalue weighted by Crippen LogP contribution is 2.27. The number of piperidine rings is 1. The Morgan fingerprint density at radius 3 is 2.56 bits per heavy atom. The van der Waals surface area contributed by atoms with Crippen molar-refractivity contribution in [2.45, 2.75) is 50.3 Å². The highest BCUT2D eigenvalue weighted by molar-refractivity contribution is 7.99. The lowest BCUT2D eigenvalue weighted by atomic mass is 9.86. The van der Waals surface area contributed by atoms with Gasteiger partial charge in [-0.1, -0.05) is 6.92 Å². The first-order valence-electron chi connectivity index (χ1n) is 7.24. The van der Waals surface area contributed by atoms with Gasteiger partial charge in [0.05, 0.1) is 0 Å². The van der Waals surface area contributed by atoms with E-state index in [2.05, 4.69) is 23.8 Å². The molecule has 3 nitrogen and oxygen atoms in total. The molecule has 1 aliphatic carbocycles. The zero-order valence-electron chi connectivity index (χ0n) is 11.6. The van der Waals surface area contributed by atoms with Gasteiger partial charge in [-0.3, -0.25) is 4.79 Å². The van der Waals surface area contributed by atoms with Crippen LogP contribution in [-0.2, 0) is 4.79 Å². The molecule has 0 bridgehead atoms. The van der Waals surface area contributed by atoms with Crippen LogP contribution in [-0.4, -0.2) is 36.5 Å². The lowest BCUT2D eigenvalue weighted by Crippen LogP contribution is -2.47. The Hall–Kier alpha value is -0.220. The van der Waals surface area contributed by atoms with Crippen molar-refractivity contribution in [1.82, 2.24) is 10.6 Å². The normalized spacial score (nSPS) is 37.2. The molecule has 2 rings (SSSR count). The van der Waals surface area contributed by atoms with Gasteiger partial charge in [-0.05, 0) is 57.4 Å². The monoisotopic (exact) mass is 270 g/mol. The molecule has 104 valence electrons. The van der Waals surface area contributed by atoms with Crippen LogP contribution in [0.3, 0.4) is 0 Å². The first-order valence-corrected chi connectivity index (χ1v) is 8.53. The zero-order valence-corrected chi connectivity index (χ0v) is 12.4. The quantitative estimate of drug-likeness (QED) is 0.824. The van der Waals surface area contributed by atoms with E-state index in [0.717, 1.165) is 37.6 Å². The summed E-state index contributed by atoms with van der Waals surface area (Å²) in [5, 5.41) is 7.46. The largest absolute Gasteiger partial charge is 0.353 e. The Balaban J connectivity index is 1.77. The van der Waals surface area contributed by atoms with Crippen molar-refractivity contribution in [2.75, 3.05) is 19.3 Å². The summed E-state index contributed by atoms with van der Waals surface area (Å²) in [5.74, 6) is 1.00. The molecule has 18 heavy (non-hydrogen) atoms. The van der Waals surface area contributed by atoms with Crippen molar-refractivity contribution >= 4 is 17.7 Å². The van der Waals surface area contributed by atoms with Crippen LogP contribution in [0.5, 0.6) is 0 Å². The van der Waals surface area contributed by atoms with E-state index in [9.17, 15) is 4.79 Å². The number of carbonyl (C=O) groups is 1. The molecule has 1 saturated heterocycles. The third kappa shape index (κ3) is 3.64. The van der Waals surface area contributed by atoms with Gasteiger partial charge in [-0.2, -0.15) is 11.8 Å². The second kappa shape index (κ2) is 6.80. The van der Waals surface area contributed by atoms with Crippen LogP contribution in [0.25, 0.3) is 0 Å². The maximum absolute atomic E-state index is 12.3. The maximum Gasteiger partial charge on any atom is 0.223 e. The SMILES string of the molecule is CSC1CCC(NC(=O)C2CCNCC2C)CC1. The van der Waals surface area contributed by atoms with Gasteiger partial charge in [0, 0.05) is 17.2 Å². The molecular formula is C14H26N2OS. The van der Waals surface area contributed by atoms with Crippen molar-refractivity contribution in [3.8, 4) is 0 Å². The average molecular weight is 270 g/mol. The number of carbonyl (C=O) groups excluding carboxylic acids is 1. The van der Waals surface area contributed by atoms with Gasteiger partial charge >= 0.3 is 0 Å². The van der Waals surface area contributed by atoms with Crippen LogP contribution in [0.2, 0.25) is 0 Å². The molecule has 0 aromatic heterocycles. The minimum Gasteiger partial charge on any atom is -0.353 e. The summed E-state index contributed by atoms with van der Waals surface area (Å²) in [6.45, 7) is 4.15. The molecule has 0 aromatic carbocycles. The summed E-state index contributed by atoms with van der Waals surface area (Å²) < 4.78 is 0. The topological polar surface area (TPSA) is 41.1 Å². The minimum atomic E-state index is 0.226. The smallest absolute Gasteiger partial charge is 0.223 e. The fraction of sp³-hybridized carbons (Fsp3) is 0.929. The van der Waals surface area contributed by atoms with Crippen molar-refractivity contribution < 1.29 is 4.79 Å². The van der Waals surface area contributed by atoms with Crippen molar-refractivity contribution in [3.63, 3.8) is 0 Å². The highest BCUT2D eigenvalue weighted by Gasteiger charge is 2.30. The molecule has 0 spiro atoms. The predicted octanol–water partition coefficient (Wildman–Crippen LogP) is 2.02. The Kier molecular flexibility index (Phi) is 5.37. The second-order valence-electron chi connectivity index (χ2n) is 5.79. The summed E-state index contributed by atoms with van der Waals surface area (Å²) in [6.07, 6.45) is 8.03. The summed E-state index contributed by atoms with van der Waals surface area (Å²) >= 11 is 1.97. The van der Waals surface area contributed by atoms with Crippen LogP contribution in [0.4, 0.5) is 0 Å². The van der Waals surface area contributed by atoms with Crippen LogP contribution < -0.4 is 10.6 Å². The highest BCUT2D eigenvalue weighted by atomic mass is 32.2. The number of hydrogen-bond donors (Lipinski definition) is 2. The molecule has 2 N–H and O–H groups in total. The summed E-state index contributed by atoms with van der Waals surface area (Å²) in [6, 6.07) is 0.433. The maximum atomic E-state index is 12.3. The minimum absolute atomic E-state index is 0.226. The molecule has 0 radical (unpaired) electrons. The first-order chi connectivity index (χ1) is 8.70. The molecule has 1 heterocycles. The van der Waals surface area contributed by atoms with Gasteiger partial charge in [0.25, 0.3) is 0 Å². The molecule has 2 fully saturated rings. The van der Waals surface area contributed by atoms with E-state index in [-0.39, 0.29) is 5.92 Å². The summed E-state index contributed by atoms with van der Waals surface area (Å²) in [7, 11) is 0. The van der Waals surface area contributed by atoms with Crippen molar-refractivity contribution in [2.24, 2.45) is 11.8 Å². The Labute approximate surface area is 115 Å². The van der Waals surface area contributed by atoms with Gasteiger partial charge in [0.2, 0.25) is 5.91 Å². The van der Waals surface area contributed by atoms with E-state index < -0.39 is 0 Å². The van der Waals surface area contributed by atoms with Crippen molar-refractivity contribution in [1.29, 1.82) is 0 Å². The van der Waals surface area contributed by atoms with E-state index in [0.29, 0.717) is 17.9 Å². The molecule has 1 saturated carbocycles. The zero-order chi connectivity index (χ0) is 13.0. The average Bonchev–Trinajstić information content (AvgIpc) is 2.40. The van der Waals surface area contributed by atoms with E-state index >= 15 is 0 Å². The first kappa shape index (κ1) is 14.2. The van der Waals surface area contributed by atoms with Crippen LogP contribution in [0, 0.1) is 11.8 Å². The third-order valence-electron chi connectivity index (χ3n) is 4.48. The van der Waals surface area contributed by atoms with Gasteiger partial charge < -0.3 is 10.6 Å². The van der Waals surface area contributed by atoms with Gasteiger partial charge in [-0.25, -0.2) is 0 Å². The fourth-order valence-electron chi connectivity index (χ4n) is 3.15. The van der Waals surface area contributed by atoms with Crippen LogP contribution in [0.1, 0.15) is 39.0 Å². The molecule has 2 aliphatic rings. The van der Waals surface area contributed by atoms with E-state index in [4.69, 9.17) is 0 Å². The Morgan fingerprint density at radius 2 is 1.94 bits per heavy atom. The lowest BCUT2D eigenvalue weighted by Gasteiger charge is -2.32. The second-order valence-corrected chi connectivity index (χ2v) is 6.93. The van der Waals surface area contributed by atoms with Gasteiger partial charge in [-0.15, -0.1) is 0 Å². The number of rotatable bonds is 3. The third-order valence-corrected chi connectivity index (χ3v) is 5.61. The summed E-state index contributed by atoms with van der Waals surface area (Å²) in [4.78, 5) is 12.3. The molecule has 1 amide bonds. The molecule has 0 aromatic rings. The van der Waals surface area contributed by atoms with Gasteiger partial charge in [0.1, 0.15) is 0 Å². The standard InChI is InChI=1S/C14H26N2OS/c1-10-9-15-8-7-13(10)14(17)16-11-3-5-12(18-2)6-4-11/h10-13,15H,3-9H2,1-2H3,(H,16,17). The molecule has 4 heteroatoms. The van der Waals surface area contributed by atoms with Gasteiger partial charge in [0.15, 0.2) is 0 Å². The summed E-state index contributed by atoms with van der Waals surface area (Å²) in [5.41, 5.74) is 0. The van der Waals surface area contributed by atoms with E-state index in [1.54, 1.807) is 0 Å². The van der Waals surface area contributed by atoms with Crippen LogP contribution in [0.15, 0.2) is 0 Å². The molecule has 1 aliphatic heterocycles. The number of hydrogen-bond acceptors (Lipinski definition) is 3. The van der Waals surface area contributed by atoms with E-state index in [1.165, 1.54) is 12.8 Å². The number of thioether (sulfide) groups is 1. The fourth-order valence-corrected chi connectivity index (χ4v) is 3.90. The lowest BCUT2D eigenvalue weighted by molar-refractivity contribution is -0.128. The van der Waals surface area contributed by atoms with Crippen LogP contribution >= 0.6 is 11.8 Å². The van der Waals surface area contributed by atoms with Crippen molar-refractivity contribution in [3.05, 3.63) is 0 Å². The molecule has 2 atom stereocenters. The van der Waals surface area contributed by atoms with E-state index in [1.807, 2.05) is 11.8 Å². The molecule has 2 unspecified atom stereocenters. The predicted molar refractivity (Wildman–Crippen MR) is 77.8 cm³/mol. The number of amides is 1.